The second-order valence-corrected chi connectivity index (χ2v) is 8.20. The van der Waals surface area contributed by atoms with Crippen molar-refractivity contribution in [3.05, 3.63) is 86.9 Å². The molecule has 0 radical (unpaired) electrons. The second kappa shape index (κ2) is 10.1. The van der Waals surface area contributed by atoms with Crippen LogP contribution in [0.15, 0.2) is 59.5 Å². The van der Waals surface area contributed by atoms with Gasteiger partial charge in [-0.1, -0.05) is 31.5 Å². The number of carbonyl (C=O) groups is 2. The summed E-state index contributed by atoms with van der Waals surface area (Å²) < 4.78 is 2.13. The standard InChI is InChI=1S/C24H25NO4S/c1-2-3-5-20-11-12-21(14-19(24(28)29)15-22-6-4-13-30-22)25(20)16-17-7-9-18(10-8-17)23(26)27/h4,6-14H,2-3,5,15-16H2,1H3,(H,26,27)(H,28,29)/b19-14+. The Morgan fingerprint density at radius 1 is 1.07 bits per heavy atom. The number of carboxylic acids is 2. The van der Waals surface area contributed by atoms with Crippen molar-refractivity contribution in [2.45, 2.75) is 39.2 Å². The summed E-state index contributed by atoms with van der Waals surface area (Å²) in [5.74, 6) is -1.87. The number of benzene rings is 1. The highest BCUT2D eigenvalue weighted by Gasteiger charge is 2.13. The van der Waals surface area contributed by atoms with Crippen LogP contribution in [0.4, 0.5) is 0 Å². The monoisotopic (exact) mass is 423 g/mol. The van der Waals surface area contributed by atoms with Gasteiger partial charge in [0.1, 0.15) is 0 Å². The number of aryl methyl sites for hydroxylation is 1. The smallest absolute Gasteiger partial charge is 0.335 e. The summed E-state index contributed by atoms with van der Waals surface area (Å²) in [6, 6.07) is 14.7. The zero-order chi connectivity index (χ0) is 21.5. The fourth-order valence-electron chi connectivity index (χ4n) is 3.33. The fraction of sp³-hybridized carbons (Fsp3) is 0.250. The highest BCUT2D eigenvalue weighted by atomic mass is 32.1. The molecule has 3 rings (SSSR count). The normalized spacial score (nSPS) is 11.6. The van der Waals surface area contributed by atoms with Crippen LogP contribution in [0.3, 0.4) is 0 Å². The summed E-state index contributed by atoms with van der Waals surface area (Å²) >= 11 is 1.55. The van der Waals surface area contributed by atoms with E-state index >= 15 is 0 Å². The van der Waals surface area contributed by atoms with Crippen LogP contribution in [0.5, 0.6) is 0 Å². The molecule has 0 amide bonds. The highest BCUT2D eigenvalue weighted by molar-refractivity contribution is 7.09. The number of nitrogens with zero attached hydrogens (tertiary/aromatic N) is 1. The van der Waals surface area contributed by atoms with Gasteiger partial charge in [-0.2, -0.15) is 0 Å². The molecular weight excluding hydrogens is 398 g/mol. The van der Waals surface area contributed by atoms with Gasteiger partial charge in [0.05, 0.1) is 5.56 Å². The maximum absolute atomic E-state index is 11.9. The van der Waals surface area contributed by atoms with Crippen LogP contribution in [-0.4, -0.2) is 26.7 Å². The van der Waals surface area contributed by atoms with Crippen LogP contribution in [0.1, 0.15) is 52.0 Å². The first-order chi connectivity index (χ1) is 14.5. The Morgan fingerprint density at radius 2 is 1.83 bits per heavy atom. The van der Waals surface area contributed by atoms with Gasteiger partial charge in [-0.3, -0.25) is 0 Å². The predicted octanol–water partition coefficient (Wildman–Crippen LogP) is 5.35. The number of rotatable bonds is 10. The number of aromatic carboxylic acids is 1. The molecule has 2 aromatic heterocycles. The van der Waals surface area contributed by atoms with Crippen molar-refractivity contribution in [1.29, 1.82) is 0 Å². The summed E-state index contributed by atoms with van der Waals surface area (Å²) in [5.41, 5.74) is 3.56. The fourth-order valence-corrected chi connectivity index (χ4v) is 4.05. The van der Waals surface area contributed by atoms with Crippen LogP contribution >= 0.6 is 11.3 Å². The van der Waals surface area contributed by atoms with Crippen molar-refractivity contribution >= 4 is 29.4 Å². The molecule has 0 aliphatic rings. The lowest BCUT2D eigenvalue weighted by Crippen LogP contribution is -2.09. The van der Waals surface area contributed by atoms with Crippen molar-refractivity contribution in [3.8, 4) is 0 Å². The van der Waals surface area contributed by atoms with Gasteiger partial charge in [0.2, 0.25) is 0 Å². The van der Waals surface area contributed by atoms with E-state index in [1.165, 1.54) is 0 Å². The lowest BCUT2D eigenvalue weighted by molar-refractivity contribution is -0.132. The third-order valence-electron chi connectivity index (χ3n) is 4.97. The minimum atomic E-state index is -0.950. The van der Waals surface area contributed by atoms with Crippen molar-refractivity contribution in [1.82, 2.24) is 4.57 Å². The third-order valence-corrected chi connectivity index (χ3v) is 5.85. The van der Waals surface area contributed by atoms with Crippen LogP contribution in [0.2, 0.25) is 0 Å². The first-order valence-electron chi connectivity index (χ1n) is 9.94. The van der Waals surface area contributed by atoms with Crippen molar-refractivity contribution in [3.63, 3.8) is 0 Å². The molecule has 5 nitrogen and oxygen atoms in total. The summed E-state index contributed by atoms with van der Waals surface area (Å²) in [4.78, 5) is 24.0. The summed E-state index contributed by atoms with van der Waals surface area (Å²) in [6.45, 7) is 2.70. The first kappa shape index (κ1) is 21.6. The van der Waals surface area contributed by atoms with Crippen LogP contribution in [0.25, 0.3) is 6.08 Å². The molecule has 0 fully saturated rings. The molecule has 0 aliphatic heterocycles. The molecule has 0 bridgehead atoms. The van der Waals surface area contributed by atoms with Crippen LogP contribution < -0.4 is 0 Å². The van der Waals surface area contributed by atoms with Gasteiger partial charge in [0.25, 0.3) is 0 Å². The topological polar surface area (TPSA) is 79.5 Å². The van der Waals surface area contributed by atoms with Gasteiger partial charge in [0.15, 0.2) is 0 Å². The lowest BCUT2D eigenvalue weighted by Gasteiger charge is -2.13. The Balaban J connectivity index is 1.94. The maximum Gasteiger partial charge on any atom is 0.335 e. The van der Waals surface area contributed by atoms with E-state index in [0.717, 1.165) is 41.1 Å². The Hall–Kier alpha value is -3.12. The third kappa shape index (κ3) is 5.48. The highest BCUT2D eigenvalue weighted by Crippen LogP contribution is 2.21. The molecule has 2 N–H and O–H groups in total. The average Bonchev–Trinajstić information content (AvgIpc) is 3.37. The Bertz CT molecular complexity index is 1030. The van der Waals surface area contributed by atoms with E-state index in [-0.39, 0.29) is 5.56 Å². The molecule has 0 saturated heterocycles. The van der Waals surface area contributed by atoms with Gasteiger partial charge < -0.3 is 14.8 Å². The molecule has 0 saturated carbocycles. The van der Waals surface area contributed by atoms with Gasteiger partial charge in [-0.25, -0.2) is 9.59 Å². The SMILES string of the molecule is CCCCc1ccc(/C=C(\Cc2cccs2)C(=O)O)n1Cc1ccc(C(=O)O)cc1. The molecule has 156 valence electrons. The van der Waals surface area contributed by atoms with Crippen molar-refractivity contribution in [2.75, 3.05) is 0 Å². The van der Waals surface area contributed by atoms with E-state index in [1.807, 2.05) is 35.7 Å². The molecule has 0 atom stereocenters. The molecule has 2 heterocycles. The van der Waals surface area contributed by atoms with E-state index in [1.54, 1.807) is 29.5 Å². The van der Waals surface area contributed by atoms with E-state index in [0.29, 0.717) is 18.5 Å². The number of carboxylic acid groups (broad SMARTS) is 2. The Labute approximate surface area is 179 Å². The minimum Gasteiger partial charge on any atom is -0.478 e. The van der Waals surface area contributed by atoms with Gasteiger partial charge in [-0.15, -0.1) is 11.3 Å². The van der Waals surface area contributed by atoms with Crippen molar-refractivity contribution in [2.24, 2.45) is 0 Å². The van der Waals surface area contributed by atoms with Crippen LogP contribution in [0, 0.1) is 0 Å². The number of hydrogen-bond acceptors (Lipinski definition) is 3. The quantitative estimate of drug-likeness (QED) is 0.431. The zero-order valence-electron chi connectivity index (χ0n) is 16.9. The number of aromatic nitrogens is 1. The van der Waals surface area contributed by atoms with E-state index in [4.69, 9.17) is 5.11 Å². The van der Waals surface area contributed by atoms with Gasteiger partial charge >= 0.3 is 11.9 Å². The molecular formula is C24H25NO4S. The Morgan fingerprint density at radius 3 is 2.43 bits per heavy atom. The average molecular weight is 424 g/mol. The molecule has 3 aromatic rings. The number of unbranched alkanes of at least 4 members (excludes halogenated alkanes) is 1. The first-order valence-corrected chi connectivity index (χ1v) is 10.8. The minimum absolute atomic E-state index is 0.252. The van der Waals surface area contributed by atoms with E-state index in [2.05, 4.69) is 17.6 Å². The largest absolute Gasteiger partial charge is 0.478 e. The van der Waals surface area contributed by atoms with Crippen molar-refractivity contribution < 1.29 is 19.8 Å². The van der Waals surface area contributed by atoms with Gasteiger partial charge in [-0.05, 0) is 60.2 Å². The van der Waals surface area contributed by atoms with Crippen LogP contribution in [-0.2, 0) is 24.2 Å². The Kier molecular flexibility index (Phi) is 7.25. The number of aliphatic carboxylic acids is 1. The summed E-state index contributed by atoms with van der Waals surface area (Å²) in [6.07, 6.45) is 5.16. The molecule has 0 spiro atoms. The molecule has 0 aliphatic carbocycles. The lowest BCUT2D eigenvalue weighted by atomic mass is 10.1. The number of hydrogen-bond donors (Lipinski definition) is 2. The summed E-state index contributed by atoms with van der Waals surface area (Å²) in [7, 11) is 0. The molecule has 0 unspecified atom stereocenters. The zero-order valence-corrected chi connectivity index (χ0v) is 17.7. The van der Waals surface area contributed by atoms with E-state index < -0.39 is 11.9 Å². The summed E-state index contributed by atoms with van der Waals surface area (Å²) in [5, 5.41) is 20.8. The van der Waals surface area contributed by atoms with Gasteiger partial charge in [0, 0.05) is 34.8 Å². The maximum atomic E-state index is 11.9. The predicted molar refractivity (Wildman–Crippen MR) is 119 cm³/mol. The molecule has 1 aromatic carbocycles. The molecule has 30 heavy (non-hydrogen) atoms. The second-order valence-electron chi connectivity index (χ2n) is 7.17. The number of thiophene rings is 1. The van der Waals surface area contributed by atoms with E-state index in [9.17, 15) is 14.7 Å². The molecule has 6 heteroatoms.